The Labute approximate surface area is 196 Å². The number of nitrogens with one attached hydrogen (secondary N) is 1. The summed E-state index contributed by atoms with van der Waals surface area (Å²) in [6, 6.07) is 0. The van der Waals surface area contributed by atoms with Gasteiger partial charge in [0.1, 0.15) is 0 Å². The van der Waals surface area contributed by atoms with Gasteiger partial charge in [-0.2, -0.15) is 0 Å². The highest BCUT2D eigenvalue weighted by Crippen LogP contribution is 2.41. The van der Waals surface area contributed by atoms with Crippen LogP contribution in [0.1, 0.15) is 79.6 Å². The molecule has 0 aromatic rings. The quantitative estimate of drug-likeness (QED) is 0.432. The predicted molar refractivity (Wildman–Crippen MR) is 130 cm³/mol. The number of likely N-dealkylation sites (tertiary alicyclic amines) is 1. The summed E-state index contributed by atoms with van der Waals surface area (Å²) < 4.78 is 6.17. The normalized spacial score (nSPS) is 20.1. The van der Waals surface area contributed by atoms with E-state index in [0.717, 1.165) is 71.2 Å². The van der Waals surface area contributed by atoms with Gasteiger partial charge >= 0.3 is 0 Å². The minimum atomic E-state index is -0.0724. The average Bonchev–Trinajstić information content (AvgIpc) is 2.74. The van der Waals surface area contributed by atoms with Crippen molar-refractivity contribution in [3.05, 3.63) is 12.2 Å². The molecular formula is C26H47N3O3. The second-order valence-corrected chi connectivity index (χ2v) is 10.4. The van der Waals surface area contributed by atoms with Gasteiger partial charge in [0, 0.05) is 44.9 Å². The average molecular weight is 450 g/mol. The Morgan fingerprint density at radius 3 is 2.31 bits per heavy atom. The molecule has 184 valence electrons. The molecule has 2 amide bonds. The minimum absolute atomic E-state index is 0.00559. The number of amides is 2. The largest absolute Gasteiger partial charge is 0.370 e. The lowest BCUT2D eigenvalue weighted by atomic mass is 9.80. The molecule has 2 aliphatic rings. The molecule has 2 rings (SSSR count). The van der Waals surface area contributed by atoms with Crippen molar-refractivity contribution in [3.63, 3.8) is 0 Å². The Morgan fingerprint density at radius 1 is 1.09 bits per heavy atom. The summed E-state index contributed by atoms with van der Waals surface area (Å²) in [5, 5.41) is 2.96. The maximum atomic E-state index is 12.8. The van der Waals surface area contributed by atoms with Crippen LogP contribution in [-0.4, -0.2) is 72.6 Å². The predicted octanol–water partition coefficient (Wildman–Crippen LogP) is 4.00. The van der Waals surface area contributed by atoms with Crippen LogP contribution in [0.2, 0.25) is 0 Å². The molecule has 2 heterocycles. The van der Waals surface area contributed by atoms with Crippen molar-refractivity contribution in [2.45, 2.75) is 91.3 Å². The SMILES string of the molecule is C=C(CCCN(CCC)CCC(=O)N1CCC2(CC1)CC(CNC(=O)C(C)C)O2)C(C)C. The van der Waals surface area contributed by atoms with Gasteiger partial charge in [0.05, 0.1) is 11.7 Å². The molecule has 2 aliphatic heterocycles. The summed E-state index contributed by atoms with van der Waals surface area (Å²) in [7, 11) is 0. The van der Waals surface area contributed by atoms with Gasteiger partial charge in [-0.15, -0.1) is 0 Å². The smallest absolute Gasteiger partial charge is 0.223 e. The minimum Gasteiger partial charge on any atom is -0.370 e. The fraction of sp³-hybridized carbons (Fsp3) is 0.846. The molecule has 6 heteroatoms. The molecule has 1 N–H and O–H groups in total. The topological polar surface area (TPSA) is 61.9 Å². The summed E-state index contributed by atoms with van der Waals surface area (Å²) in [6.45, 7) is 19.7. The first-order chi connectivity index (χ1) is 15.2. The zero-order chi connectivity index (χ0) is 23.7. The van der Waals surface area contributed by atoms with E-state index in [2.05, 4.69) is 37.6 Å². The van der Waals surface area contributed by atoms with Crippen LogP contribution in [0.4, 0.5) is 0 Å². The molecule has 0 radical (unpaired) electrons. The number of carbonyl (C=O) groups is 2. The van der Waals surface area contributed by atoms with Crippen LogP contribution in [0, 0.1) is 11.8 Å². The van der Waals surface area contributed by atoms with Crippen molar-refractivity contribution in [2.24, 2.45) is 11.8 Å². The Hall–Kier alpha value is -1.40. The molecule has 0 aromatic carbocycles. The van der Waals surface area contributed by atoms with Gasteiger partial charge in [-0.05, 0) is 51.1 Å². The van der Waals surface area contributed by atoms with E-state index in [0.29, 0.717) is 18.9 Å². The van der Waals surface area contributed by atoms with Crippen LogP contribution in [0.3, 0.4) is 0 Å². The lowest BCUT2D eigenvalue weighted by molar-refractivity contribution is -0.222. The molecule has 0 saturated carbocycles. The monoisotopic (exact) mass is 449 g/mol. The first-order valence-electron chi connectivity index (χ1n) is 12.8. The second kappa shape index (κ2) is 12.7. The van der Waals surface area contributed by atoms with Crippen molar-refractivity contribution >= 4 is 11.8 Å². The zero-order valence-electron chi connectivity index (χ0n) is 21.3. The van der Waals surface area contributed by atoms with E-state index in [4.69, 9.17) is 4.74 Å². The van der Waals surface area contributed by atoms with Gasteiger partial charge in [-0.3, -0.25) is 9.59 Å². The third-order valence-electron chi connectivity index (χ3n) is 7.04. The third-order valence-corrected chi connectivity index (χ3v) is 7.04. The molecule has 32 heavy (non-hydrogen) atoms. The van der Waals surface area contributed by atoms with Crippen molar-refractivity contribution in [3.8, 4) is 0 Å². The summed E-state index contributed by atoms with van der Waals surface area (Å²) in [5.41, 5.74) is 1.25. The van der Waals surface area contributed by atoms with Gasteiger partial charge in [0.15, 0.2) is 0 Å². The van der Waals surface area contributed by atoms with Crippen LogP contribution in [0.25, 0.3) is 0 Å². The van der Waals surface area contributed by atoms with Crippen molar-refractivity contribution in [2.75, 3.05) is 39.3 Å². The summed E-state index contributed by atoms with van der Waals surface area (Å²) in [5.74, 6) is 0.905. The van der Waals surface area contributed by atoms with Crippen molar-refractivity contribution in [1.82, 2.24) is 15.1 Å². The summed E-state index contributed by atoms with van der Waals surface area (Å²) in [6.07, 6.45) is 6.82. The standard InChI is InChI=1S/C26H47N3O3/c1-7-13-28(14-8-9-22(6)20(2)3)15-10-24(30)29-16-11-26(12-17-29)18-23(32-26)19-27-25(31)21(4)5/h20-21,23H,6-19H2,1-5H3,(H,27,31). The molecule has 1 atom stereocenters. The molecule has 2 fully saturated rings. The van der Waals surface area contributed by atoms with Crippen molar-refractivity contribution < 1.29 is 14.3 Å². The molecular weight excluding hydrogens is 402 g/mol. The van der Waals surface area contributed by atoms with E-state index in [1.807, 2.05) is 18.7 Å². The van der Waals surface area contributed by atoms with Crippen LogP contribution >= 0.6 is 0 Å². The van der Waals surface area contributed by atoms with Gasteiger partial charge < -0.3 is 19.9 Å². The summed E-state index contributed by atoms with van der Waals surface area (Å²) in [4.78, 5) is 29.0. The first kappa shape index (κ1) is 26.8. The second-order valence-electron chi connectivity index (χ2n) is 10.4. The van der Waals surface area contributed by atoms with Gasteiger partial charge in [-0.25, -0.2) is 0 Å². The Bertz CT molecular complexity index is 616. The van der Waals surface area contributed by atoms with Gasteiger partial charge in [-0.1, -0.05) is 46.8 Å². The number of piperidine rings is 1. The maximum absolute atomic E-state index is 12.8. The van der Waals surface area contributed by atoms with Crippen LogP contribution in [-0.2, 0) is 14.3 Å². The highest BCUT2D eigenvalue weighted by atomic mass is 16.5. The van der Waals surface area contributed by atoms with Crippen LogP contribution in [0.5, 0.6) is 0 Å². The molecule has 1 spiro atoms. The Balaban J connectivity index is 1.65. The molecule has 6 nitrogen and oxygen atoms in total. The number of allylic oxidation sites excluding steroid dienone is 1. The molecule has 2 saturated heterocycles. The fourth-order valence-electron chi connectivity index (χ4n) is 4.66. The molecule has 0 bridgehead atoms. The highest BCUT2D eigenvalue weighted by molar-refractivity contribution is 5.77. The Morgan fingerprint density at radius 2 is 1.75 bits per heavy atom. The number of carbonyl (C=O) groups excluding carboxylic acids is 2. The van der Waals surface area contributed by atoms with Crippen LogP contribution in [0.15, 0.2) is 12.2 Å². The van der Waals surface area contributed by atoms with Gasteiger partial charge in [0.25, 0.3) is 0 Å². The van der Waals surface area contributed by atoms with E-state index in [1.165, 1.54) is 5.57 Å². The van der Waals surface area contributed by atoms with Crippen molar-refractivity contribution in [1.29, 1.82) is 0 Å². The van der Waals surface area contributed by atoms with E-state index < -0.39 is 0 Å². The number of hydrogen-bond acceptors (Lipinski definition) is 4. The van der Waals surface area contributed by atoms with E-state index in [1.54, 1.807) is 0 Å². The third kappa shape index (κ3) is 8.18. The number of rotatable bonds is 13. The van der Waals surface area contributed by atoms with E-state index in [9.17, 15) is 9.59 Å². The van der Waals surface area contributed by atoms with Gasteiger partial charge in [0.2, 0.25) is 11.8 Å². The van der Waals surface area contributed by atoms with E-state index in [-0.39, 0.29) is 29.4 Å². The molecule has 0 aliphatic carbocycles. The number of hydrogen-bond donors (Lipinski definition) is 1. The van der Waals surface area contributed by atoms with E-state index >= 15 is 0 Å². The lowest BCUT2D eigenvalue weighted by Gasteiger charge is -2.52. The Kier molecular flexibility index (Phi) is 10.7. The summed E-state index contributed by atoms with van der Waals surface area (Å²) >= 11 is 0. The number of ether oxygens (including phenoxy) is 1. The molecule has 1 unspecified atom stereocenters. The molecule has 0 aromatic heterocycles. The fourth-order valence-corrected chi connectivity index (χ4v) is 4.66. The number of nitrogens with zero attached hydrogens (tertiary/aromatic N) is 2. The zero-order valence-corrected chi connectivity index (χ0v) is 21.3. The van der Waals surface area contributed by atoms with Crippen LogP contribution < -0.4 is 5.32 Å². The first-order valence-corrected chi connectivity index (χ1v) is 12.8. The lowest BCUT2D eigenvalue weighted by Crippen LogP contribution is -2.59. The maximum Gasteiger partial charge on any atom is 0.223 e. The highest BCUT2D eigenvalue weighted by Gasteiger charge is 2.47.